The predicted molar refractivity (Wildman–Crippen MR) is 303 cm³/mol. The van der Waals surface area contributed by atoms with Crippen molar-refractivity contribution in [2.75, 3.05) is 13.2 Å². The van der Waals surface area contributed by atoms with Crippen LogP contribution in [0.1, 0.15) is 290 Å². The van der Waals surface area contributed by atoms with Crippen LogP contribution in [0.25, 0.3) is 0 Å². The molecule has 0 saturated carbocycles. The van der Waals surface area contributed by atoms with Crippen molar-refractivity contribution in [3.05, 3.63) is 36.5 Å². The van der Waals surface area contributed by atoms with E-state index in [1.54, 1.807) is 0 Å². The van der Waals surface area contributed by atoms with Crippen LogP contribution < -0.4 is 0 Å². The maximum absolute atomic E-state index is 13.1. The van der Waals surface area contributed by atoms with Gasteiger partial charge in [-0.05, 0) is 77.0 Å². The van der Waals surface area contributed by atoms with Crippen molar-refractivity contribution in [1.82, 2.24) is 0 Å². The molecule has 12 nitrogen and oxygen atoms in total. The average molecular weight is 1060 g/mol. The summed E-state index contributed by atoms with van der Waals surface area (Å²) in [6.45, 7) is 5.96. The lowest BCUT2D eigenvalue weighted by molar-refractivity contribution is -0.301. The zero-order valence-electron chi connectivity index (χ0n) is 48.1. The van der Waals surface area contributed by atoms with Gasteiger partial charge in [-0.1, -0.05) is 231 Å². The van der Waals surface area contributed by atoms with Crippen molar-refractivity contribution in [2.24, 2.45) is 0 Å². The Bertz CT molecular complexity index is 1450. The van der Waals surface area contributed by atoms with Gasteiger partial charge in [0.05, 0.1) is 6.61 Å². The second-order valence-corrected chi connectivity index (χ2v) is 21.3. The van der Waals surface area contributed by atoms with E-state index >= 15 is 0 Å². The quantitative estimate of drug-likeness (QED) is 0.0228. The number of esters is 3. The lowest BCUT2D eigenvalue weighted by Gasteiger charge is -2.40. The molecule has 0 bridgehead atoms. The summed E-state index contributed by atoms with van der Waals surface area (Å²) in [6, 6.07) is 0. The van der Waals surface area contributed by atoms with Crippen LogP contribution in [-0.2, 0) is 42.9 Å². The molecule has 0 aromatic carbocycles. The first-order chi connectivity index (χ1) is 36.6. The van der Waals surface area contributed by atoms with Gasteiger partial charge in [-0.15, -0.1) is 0 Å². The van der Waals surface area contributed by atoms with Gasteiger partial charge in [0, 0.05) is 19.3 Å². The van der Waals surface area contributed by atoms with Crippen molar-refractivity contribution in [1.29, 1.82) is 0 Å². The zero-order chi connectivity index (χ0) is 54.7. The largest absolute Gasteiger partial charge is 0.479 e. The summed E-state index contributed by atoms with van der Waals surface area (Å²) < 4.78 is 28.5. The van der Waals surface area contributed by atoms with Crippen molar-refractivity contribution in [2.45, 2.75) is 327 Å². The van der Waals surface area contributed by atoms with E-state index in [4.69, 9.17) is 23.7 Å². The van der Waals surface area contributed by atoms with E-state index in [1.165, 1.54) is 135 Å². The number of aliphatic hydroxyl groups is 2. The fourth-order valence-electron chi connectivity index (χ4n) is 9.39. The van der Waals surface area contributed by atoms with Crippen LogP contribution in [-0.4, -0.2) is 89.2 Å². The number of aliphatic carboxylic acids is 1. The van der Waals surface area contributed by atoms with Gasteiger partial charge in [0.1, 0.15) is 18.8 Å². The van der Waals surface area contributed by atoms with E-state index in [0.29, 0.717) is 19.3 Å². The van der Waals surface area contributed by atoms with E-state index in [0.717, 1.165) is 96.3 Å². The number of allylic oxidation sites excluding steroid dienone is 6. The molecule has 12 heteroatoms. The number of carboxylic acid groups (broad SMARTS) is 1. The molecule has 0 spiro atoms. The molecule has 1 heterocycles. The van der Waals surface area contributed by atoms with E-state index < -0.39 is 67.3 Å². The molecule has 1 aliphatic rings. The van der Waals surface area contributed by atoms with Gasteiger partial charge >= 0.3 is 23.9 Å². The highest BCUT2D eigenvalue weighted by molar-refractivity contribution is 5.74. The second kappa shape index (κ2) is 51.7. The Labute approximate surface area is 457 Å². The molecule has 1 fully saturated rings. The third-order valence-electron chi connectivity index (χ3n) is 14.2. The third kappa shape index (κ3) is 41.7. The van der Waals surface area contributed by atoms with E-state index in [-0.39, 0.29) is 25.9 Å². The molecule has 3 N–H and O–H groups in total. The monoisotopic (exact) mass is 1060 g/mol. The molecule has 6 unspecified atom stereocenters. The number of hydrogen-bond acceptors (Lipinski definition) is 11. The molecule has 75 heavy (non-hydrogen) atoms. The third-order valence-corrected chi connectivity index (χ3v) is 14.2. The van der Waals surface area contributed by atoms with Crippen LogP contribution in [0.4, 0.5) is 0 Å². The van der Waals surface area contributed by atoms with Crippen molar-refractivity contribution >= 4 is 23.9 Å². The number of ether oxygens (including phenoxy) is 5. The molecule has 1 saturated heterocycles. The number of unbranched alkanes of at least 4 members (excludes halogenated alkanes) is 33. The minimum Gasteiger partial charge on any atom is -0.479 e. The van der Waals surface area contributed by atoms with Gasteiger partial charge in [0.25, 0.3) is 0 Å². The Hall–Kier alpha value is -3.06. The van der Waals surface area contributed by atoms with Crippen LogP contribution in [0, 0.1) is 0 Å². The lowest BCUT2D eigenvalue weighted by atomic mass is 9.98. The molecule has 0 aromatic rings. The molecule has 0 aromatic heterocycles. The smallest absolute Gasteiger partial charge is 0.335 e. The minimum atomic E-state index is -1.90. The van der Waals surface area contributed by atoms with Crippen LogP contribution in [0.3, 0.4) is 0 Å². The summed E-state index contributed by atoms with van der Waals surface area (Å²) in [5.74, 6) is -3.11. The van der Waals surface area contributed by atoms with Crippen molar-refractivity contribution in [3.8, 4) is 0 Å². The normalized spacial score (nSPS) is 18.3. The molecule has 6 atom stereocenters. The van der Waals surface area contributed by atoms with Crippen molar-refractivity contribution < 1.29 is 58.2 Å². The standard InChI is InChI=1S/C63H112O12/c1-4-7-10-13-16-19-22-25-26-27-28-29-30-33-34-37-40-43-46-49-55(64)71-52-54(73-56(65)50-47-44-41-38-35-31-23-20-17-14-11-8-5-2)53-72-63-61(59(68)58(67)60(75-63)62(69)70)74-57(66)51-48-45-42-39-36-32-24-21-18-15-12-9-6-3/h16,19-20,23,25-26,54,58-61,63,67-68H,4-15,17-18,21-22,24,27-53H2,1-3H3,(H,69,70)/b19-16-,23-20-,26-25-. The Morgan fingerprint density at radius 3 is 1.25 bits per heavy atom. The summed E-state index contributed by atoms with van der Waals surface area (Å²) in [5.41, 5.74) is 0. The maximum Gasteiger partial charge on any atom is 0.335 e. The zero-order valence-corrected chi connectivity index (χ0v) is 48.1. The fraction of sp³-hybridized carbons (Fsp3) is 0.841. The van der Waals surface area contributed by atoms with Gasteiger partial charge in [0.2, 0.25) is 0 Å². The number of hydrogen-bond donors (Lipinski definition) is 3. The Balaban J connectivity index is 2.65. The highest BCUT2D eigenvalue weighted by Gasteiger charge is 2.50. The SMILES string of the molecule is CCCCC/C=C\C/C=C\CCCCCCCCCCCC(=O)OCC(COC1OC(C(=O)O)C(O)C(O)C1OC(=O)CCCCCCCCCCCCCCC)OC(=O)CCCCCCC/C=C\CCCCCC. The highest BCUT2D eigenvalue weighted by Crippen LogP contribution is 2.27. The Morgan fingerprint density at radius 1 is 0.440 bits per heavy atom. The van der Waals surface area contributed by atoms with Gasteiger partial charge in [0.15, 0.2) is 24.6 Å². The molecule has 0 radical (unpaired) electrons. The van der Waals surface area contributed by atoms with Gasteiger partial charge in [-0.2, -0.15) is 0 Å². The first-order valence-corrected chi connectivity index (χ1v) is 31.0. The van der Waals surface area contributed by atoms with Gasteiger partial charge in [-0.3, -0.25) is 14.4 Å². The number of aliphatic hydroxyl groups excluding tert-OH is 2. The number of carbonyl (C=O) groups is 4. The summed E-state index contributed by atoms with van der Waals surface area (Å²) in [7, 11) is 0. The van der Waals surface area contributed by atoms with Crippen LogP contribution in [0.15, 0.2) is 36.5 Å². The second-order valence-electron chi connectivity index (χ2n) is 21.3. The maximum atomic E-state index is 13.1. The molecule has 1 rings (SSSR count). The summed E-state index contributed by atoms with van der Waals surface area (Å²) >= 11 is 0. The number of rotatable bonds is 53. The Morgan fingerprint density at radius 2 is 0.800 bits per heavy atom. The van der Waals surface area contributed by atoms with Crippen LogP contribution in [0.5, 0.6) is 0 Å². The lowest BCUT2D eigenvalue weighted by Crippen LogP contribution is -2.61. The Kier molecular flexibility index (Phi) is 48.2. The van der Waals surface area contributed by atoms with E-state index in [2.05, 4.69) is 57.2 Å². The molecular weight excluding hydrogens is 949 g/mol. The van der Waals surface area contributed by atoms with Crippen molar-refractivity contribution in [3.63, 3.8) is 0 Å². The number of carbonyl (C=O) groups excluding carboxylic acids is 3. The molecule has 1 aliphatic heterocycles. The summed E-state index contributed by atoms with van der Waals surface area (Å²) in [4.78, 5) is 51.1. The van der Waals surface area contributed by atoms with Gasteiger partial charge in [-0.25, -0.2) is 4.79 Å². The average Bonchev–Trinajstić information content (AvgIpc) is 3.39. The first-order valence-electron chi connectivity index (χ1n) is 31.0. The molecule has 436 valence electrons. The minimum absolute atomic E-state index is 0.0643. The van der Waals surface area contributed by atoms with Gasteiger partial charge < -0.3 is 39.0 Å². The number of carboxylic acids is 1. The topological polar surface area (TPSA) is 175 Å². The van der Waals surface area contributed by atoms with E-state index in [1.807, 2.05) is 0 Å². The van der Waals surface area contributed by atoms with Crippen LogP contribution >= 0.6 is 0 Å². The van der Waals surface area contributed by atoms with E-state index in [9.17, 15) is 34.5 Å². The first kappa shape index (κ1) is 70.0. The fourth-order valence-corrected chi connectivity index (χ4v) is 9.39. The van der Waals surface area contributed by atoms with Crippen LogP contribution in [0.2, 0.25) is 0 Å². The summed E-state index contributed by atoms with van der Waals surface area (Å²) in [6.07, 6.45) is 48.2. The molecule has 0 aliphatic carbocycles. The summed E-state index contributed by atoms with van der Waals surface area (Å²) in [5, 5.41) is 31.5. The highest BCUT2D eigenvalue weighted by atomic mass is 16.7. The molecule has 0 amide bonds. The molecular formula is C63H112O12. The predicted octanol–water partition coefficient (Wildman–Crippen LogP) is 16.0.